The second kappa shape index (κ2) is 5.71. The molecule has 0 radical (unpaired) electrons. The van der Waals surface area contributed by atoms with Gasteiger partial charge >= 0.3 is 0 Å². The third-order valence-electron chi connectivity index (χ3n) is 2.78. The highest BCUT2D eigenvalue weighted by Gasteiger charge is 2.05. The summed E-state index contributed by atoms with van der Waals surface area (Å²) in [4.78, 5) is 9.69. The Bertz CT molecular complexity index is 680. The van der Waals surface area contributed by atoms with E-state index >= 15 is 0 Å². The van der Waals surface area contributed by atoms with Gasteiger partial charge in [-0.1, -0.05) is 17.4 Å². The summed E-state index contributed by atoms with van der Waals surface area (Å²) in [6, 6.07) is 13.7. The zero-order chi connectivity index (χ0) is 13.8. The number of rotatable bonds is 4. The van der Waals surface area contributed by atoms with Crippen LogP contribution < -0.4 is 10.1 Å². The molecule has 0 bridgehead atoms. The van der Waals surface area contributed by atoms with Crippen LogP contribution in [0, 0.1) is 0 Å². The van der Waals surface area contributed by atoms with Gasteiger partial charge in [-0.15, -0.1) is 0 Å². The first-order valence-corrected chi connectivity index (χ1v) is 6.95. The van der Waals surface area contributed by atoms with E-state index in [2.05, 4.69) is 15.3 Å². The topological polar surface area (TPSA) is 47.0 Å². The highest BCUT2D eigenvalue weighted by molar-refractivity contribution is 7.18. The summed E-state index contributed by atoms with van der Waals surface area (Å²) in [7, 11) is 1.66. The van der Waals surface area contributed by atoms with Crippen LogP contribution in [0.3, 0.4) is 0 Å². The summed E-state index contributed by atoms with van der Waals surface area (Å²) in [6.07, 6.45) is 3.61. The lowest BCUT2D eigenvalue weighted by atomic mass is 10.2. The number of pyridine rings is 1. The Hall–Kier alpha value is -2.40. The monoisotopic (exact) mass is 283 g/mol. The molecule has 0 amide bonds. The van der Waals surface area contributed by atoms with Gasteiger partial charge in [0.05, 0.1) is 12.0 Å². The largest absolute Gasteiger partial charge is 0.497 e. The van der Waals surface area contributed by atoms with Gasteiger partial charge in [0.2, 0.25) is 0 Å². The van der Waals surface area contributed by atoms with E-state index in [0.717, 1.165) is 27.1 Å². The molecule has 0 aliphatic carbocycles. The average Bonchev–Trinajstić information content (AvgIpc) is 2.97. The van der Waals surface area contributed by atoms with Gasteiger partial charge in [0.1, 0.15) is 11.6 Å². The zero-order valence-electron chi connectivity index (χ0n) is 10.9. The number of thiazole rings is 1. The quantitative estimate of drug-likeness (QED) is 0.787. The molecule has 0 atom stereocenters. The predicted molar refractivity (Wildman–Crippen MR) is 81.6 cm³/mol. The summed E-state index contributed by atoms with van der Waals surface area (Å²) < 4.78 is 5.16. The van der Waals surface area contributed by atoms with E-state index in [9.17, 15) is 0 Å². The second-order valence-electron chi connectivity index (χ2n) is 4.10. The Morgan fingerprint density at radius 1 is 1.05 bits per heavy atom. The van der Waals surface area contributed by atoms with Gasteiger partial charge in [-0.05, 0) is 42.0 Å². The van der Waals surface area contributed by atoms with Crippen molar-refractivity contribution in [2.45, 2.75) is 0 Å². The van der Waals surface area contributed by atoms with Crippen LogP contribution in [0.1, 0.15) is 0 Å². The molecule has 0 fully saturated rings. The first kappa shape index (κ1) is 12.6. The number of ether oxygens (including phenoxy) is 1. The van der Waals surface area contributed by atoms with Gasteiger partial charge in [-0.3, -0.25) is 0 Å². The first-order valence-electron chi connectivity index (χ1n) is 6.13. The lowest BCUT2D eigenvalue weighted by Crippen LogP contribution is -1.90. The van der Waals surface area contributed by atoms with Crippen LogP contribution in [-0.4, -0.2) is 17.1 Å². The van der Waals surface area contributed by atoms with E-state index in [4.69, 9.17) is 4.74 Å². The van der Waals surface area contributed by atoms with Crippen molar-refractivity contribution in [2.75, 3.05) is 12.4 Å². The van der Waals surface area contributed by atoms with E-state index in [1.54, 1.807) is 24.6 Å². The molecule has 2 aromatic heterocycles. The van der Waals surface area contributed by atoms with Crippen molar-refractivity contribution < 1.29 is 4.74 Å². The summed E-state index contributed by atoms with van der Waals surface area (Å²) in [5, 5.41) is 4.02. The maximum absolute atomic E-state index is 5.16. The fourth-order valence-electron chi connectivity index (χ4n) is 1.77. The fraction of sp³-hybridized carbons (Fsp3) is 0.0667. The Labute approximate surface area is 121 Å². The van der Waals surface area contributed by atoms with Crippen molar-refractivity contribution in [1.82, 2.24) is 9.97 Å². The maximum atomic E-state index is 5.16. The van der Waals surface area contributed by atoms with Gasteiger partial charge in [0, 0.05) is 12.4 Å². The molecule has 0 saturated carbocycles. The van der Waals surface area contributed by atoms with Gasteiger partial charge < -0.3 is 10.1 Å². The smallest absolute Gasteiger partial charge is 0.188 e. The van der Waals surface area contributed by atoms with Crippen LogP contribution in [0.5, 0.6) is 5.75 Å². The highest BCUT2D eigenvalue weighted by Crippen LogP contribution is 2.31. The van der Waals surface area contributed by atoms with Crippen molar-refractivity contribution in [2.24, 2.45) is 0 Å². The minimum absolute atomic E-state index is 0.795. The number of anilines is 2. The van der Waals surface area contributed by atoms with Crippen LogP contribution in [0.2, 0.25) is 0 Å². The number of nitrogens with one attached hydrogen (secondary N) is 1. The Morgan fingerprint density at radius 3 is 2.60 bits per heavy atom. The SMILES string of the molecule is COc1ccc(-c2cnc(Nc3ccccn3)s2)cc1. The van der Waals surface area contributed by atoms with Crippen molar-refractivity contribution in [3.05, 3.63) is 54.9 Å². The minimum atomic E-state index is 0.795. The van der Waals surface area contributed by atoms with E-state index in [0.29, 0.717) is 0 Å². The molecule has 2 heterocycles. The van der Waals surface area contributed by atoms with Crippen molar-refractivity contribution >= 4 is 22.3 Å². The molecule has 0 aliphatic rings. The van der Waals surface area contributed by atoms with Gasteiger partial charge in [-0.25, -0.2) is 9.97 Å². The van der Waals surface area contributed by atoms with E-state index in [-0.39, 0.29) is 0 Å². The van der Waals surface area contributed by atoms with Crippen molar-refractivity contribution in [3.8, 4) is 16.2 Å². The van der Waals surface area contributed by atoms with Crippen molar-refractivity contribution in [3.63, 3.8) is 0 Å². The summed E-state index contributed by atoms with van der Waals surface area (Å²) in [6.45, 7) is 0. The number of nitrogens with zero attached hydrogens (tertiary/aromatic N) is 2. The fourth-order valence-corrected chi connectivity index (χ4v) is 2.60. The molecule has 20 heavy (non-hydrogen) atoms. The predicted octanol–water partition coefficient (Wildman–Crippen LogP) is 3.96. The molecular weight excluding hydrogens is 270 g/mol. The lowest BCUT2D eigenvalue weighted by molar-refractivity contribution is 0.415. The third-order valence-corrected chi connectivity index (χ3v) is 3.74. The van der Waals surface area contributed by atoms with Crippen LogP contribution >= 0.6 is 11.3 Å². The molecule has 0 aliphatic heterocycles. The lowest BCUT2D eigenvalue weighted by Gasteiger charge is -2.01. The normalized spacial score (nSPS) is 10.2. The van der Waals surface area contributed by atoms with Crippen LogP contribution in [0.4, 0.5) is 10.9 Å². The number of aromatic nitrogens is 2. The number of methoxy groups -OCH3 is 1. The second-order valence-corrected chi connectivity index (χ2v) is 5.13. The maximum Gasteiger partial charge on any atom is 0.188 e. The molecule has 100 valence electrons. The summed E-state index contributed by atoms with van der Waals surface area (Å²) in [5.41, 5.74) is 1.12. The third kappa shape index (κ3) is 2.78. The molecule has 1 aromatic carbocycles. The Balaban J connectivity index is 1.79. The van der Waals surface area contributed by atoms with E-state index in [1.807, 2.05) is 48.7 Å². The van der Waals surface area contributed by atoms with Gasteiger partial charge in [0.15, 0.2) is 5.13 Å². The Morgan fingerprint density at radius 2 is 1.90 bits per heavy atom. The van der Waals surface area contributed by atoms with E-state index < -0.39 is 0 Å². The molecular formula is C15H13N3OS. The van der Waals surface area contributed by atoms with Gasteiger partial charge in [-0.2, -0.15) is 0 Å². The molecule has 0 spiro atoms. The molecule has 1 N–H and O–H groups in total. The van der Waals surface area contributed by atoms with Gasteiger partial charge in [0.25, 0.3) is 0 Å². The number of hydrogen-bond acceptors (Lipinski definition) is 5. The highest BCUT2D eigenvalue weighted by atomic mass is 32.1. The van der Waals surface area contributed by atoms with Crippen LogP contribution in [0.15, 0.2) is 54.9 Å². The average molecular weight is 283 g/mol. The molecule has 3 rings (SSSR count). The summed E-state index contributed by atoms with van der Waals surface area (Å²) in [5.74, 6) is 1.65. The minimum Gasteiger partial charge on any atom is -0.497 e. The van der Waals surface area contributed by atoms with E-state index in [1.165, 1.54) is 0 Å². The standard InChI is InChI=1S/C15H13N3OS/c1-19-12-7-5-11(6-8-12)13-10-17-15(20-13)18-14-4-2-3-9-16-14/h2-10H,1H3,(H,16,17,18). The number of benzene rings is 1. The van der Waals surface area contributed by atoms with Crippen LogP contribution in [-0.2, 0) is 0 Å². The molecule has 0 unspecified atom stereocenters. The molecule has 4 nitrogen and oxygen atoms in total. The van der Waals surface area contributed by atoms with Crippen molar-refractivity contribution in [1.29, 1.82) is 0 Å². The number of hydrogen-bond donors (Lipinski definition) is 1. The molecule has 0 saturated heterocycles. The molecule has 3 aromatic rings. The first-order chi connectivity index (χ1) is 9.85. The zero-order valence-corrected chi connectivity index (χ0v) is 11.7. The Kier molecular flexibility index (Phi) is 3.60. The van der Waals surface area contributed by atoms with Crippen LogP contribution in [0.25, 0.3) is 10.4 Å². The summed E-state index contributed by atoms with van der Waals surface area (Å²) >= 11 is 1.59. The molecule has 5 heteroatoms.